The lowest BCUT2D eigenvalue weighted by atomic mass is 9.96. The summed E-state index contributed by atoms with van der Waals surface area (Å²) in [5, 5.41) is 3.47. The zero-order chi connectivity index (χ0) is 12.7. The molecule has 1 atom stereocenters. The molecule has 0 aromatic heterocycles. The third kappa shape index (κ3) is 4.36. The molecule has 0 radical (unpaired) electrons. The highest BCUT2D eigenvalue weighted by molar-refractivity contribution is 5.50. The van der Waals surface area contributed by atoms with Gasteiger partial charge in [0.2, 0.25) is 0 Å². The fourth-order valence-corrected chi connectivity index (χ4v) is 1.81. The van der Waals surface area contributed by atoms with Crippen LogP contribution in [-0.2, 0) is 11.3 Å². The van der Waals surface area contributed by atoms with E-state index in [9.17, 15) is 0 Å². The molecule has 3 N–H and O–H groups in total. The van der Waals surface area contributed by atoms with E-state index in [2.05, 4.69) is 31.3 Å². The van der Waals surface area contributed by atoms with Gasteiger partial charge in [0.1, 0.15) is 0 Å². The van der Waals surface area contributed by atoms with Gasteiger partial charge in [-0.15, -0.1) is 0 Å². The molecule has 0 aliphatic heterocycles. The van der Waals surface area contributed by atoms with Crippen molar-refractivity contribution < 1.29 is 4.74 Å². The van der Waals surface area contributed by atoms with Gasteiger partial charge in [-0.05, 0) is 24.4 Å². The maximum Gasteiger partial charge on any atom is 0.0733 e. The van der Waals surface area contributed by atoms with E-state index >= 15 is 0 Å². The topological polar surface area (TPSA) is 47.3 Å². The van der Waals surface area contributed by atoms with Crippen LogP contribution in [0.1, 0.15) is 19.4 Å². The van der Waals surface area contributed by atoms with Gasteiger partial charge in [-0.25, -0.2) is 0 Å². The molecule has 0 heterocycles. The molecule has 0 saturated carbocycles. The van der Waals surface area contributed by atoms with Crippen LogP contribution in [0.25, 0.3) is 0 Å². The lowest BCUT2D eigenvalue weighted by Gasteiger charge is -2.21. The minimum Gasteiger partial charge on any atom is -0.384 e. The first-order valence-electron chi connectivity index (χ1n) is 6.19. The quantitative estimate of drug-likeness (QED) is 0.764. The highest BCUT2D eigenvalue weighted by Gasteiger charge is 2.11. The number of para-hydroxylation sites is 1. The van der Waals surface area contributed by atoms with Crippen LogP contribution in [0.15, 0.2) is 24.3 Å². The van der Waals surface area contributed by atoms with Crippen LogP contribution in [0.4, 0.5) is 5.69 Å². The summed E-state index contributed by atoms with van der Waals surface area (Å²) >= 11 is 0. The van der Waals surface area contributed by atoms with Gasteiger partial charge in [0.05, 0.1) is 6.61 Å². The molecule has 1 aromatic rings. The first kappa shape index (κ1) is 14.0. The molecule has 0 saturated heterocycles. The van der Waals surface area contributed by atoms with Gasteiger partial charge in [0.25, 0.3) is 0 Å². The van der Waals surface area contributed by atoms with Crippen molar-refractivity contribution in [3.8, 4) is 0 Å². The lowest BCUT2D eigenvalue weighted by molar-refractivity contribution is 0.185. The molecule has 0 aliphatic rings. The number of hydrogen-bond acceptors (Lipinski definition) is 3. The van der Waals surface area contributed by atoms with Gasteiger partial charge in [-0.1, -0.05) is 32.0 Å². The molecule has 1 aromatic carbocycles. The Bertz CT molecular complexity index is 326. The highest BCUT2D eigenvalue weighted by atomic mass is 16.5. The Balaban J connectivity index is 2.61. The van der Waals surface area contributed by atoms with Gasteiger partial charge in [0, 0.05) is 24.9 Å². The maximum absolute atomic E-state index is 5.77. The molecule has 3 nitrogen and oxygen atoms in total. The number of nitrogens with one attached hydrogen (secondary N) is 1. The van der Waals surface area contributed by atoms with Crippen LogP contribution in [0.3, 0.4) is 0 Å². The molecule has 0 bridgehead atoms. The van der Waals surface area contributed by atoms with Crippen LogP contribution < -0.4 is 11.1 Å². The van der Waals surface area contributed by atoms with Gasteiger partial charge < -0.3 is 15.8 Å². The van der Waals surface area contributed by atoms with E-state index in [1.54, 1.807) is 7.11 Å². The number of anilines is 1. The highest BCUT2D eigenvalue weighted by Crippen LogP contribution is 2.17. The Hall–Kier alpha value is -1.06. The van der Waals surface area contributed by atoms with E-state index in [4.69, 9.17) is 10.5 Å². The largest absolute Gasteiger partial charge is 0.384 e. The zero-order valence-corrected chi connectivity index (χ0v) is 11.1. The molecular formula is C14H24N2O. The normalized spacial score (nSPS) is 12.8. The summed E-state index contributed by atoms with van der Waals surface area (Å²) in [5.74, 6) is 1.10. The van der Waals surface area contributed by atoms with Crippen molar-refractivity contribution in [1.29, 1.82) is 0 Å². The van der Waals surface area contributed by atoms with Gasteiger partial charge in [-0.2, -0.15) is 0 Å². The van der Waals surface area contributed by atoms with Crippen LogP contribution in [0.2, 0.25) is 0 Å². The molecule has 17 heavy (non-hydrogen) atoms. The number of nitrogens with two attached hydrogens (primary N) is 1. The first-order chi connectivity index (χ1) is 8.19. The fourth-order valence-electron chi connectivity index (χ4n) is 1.81. The molecule has 1 rings (SSSR count). The van der Waals surface area contributed by atoms with Crippen molar-refractivity contribution in [3.05, 3.63) is 29.8 Å². The van der Waals surface area contributed by atoms with Crippen molar-refractivity contribution in [2.45, 2.75) is 20.5 Å². The summed E-state index contributed by atoms with van der Waals surface area (Å²) in [5.41, 5.74) is 8.11. The molecule has 0 aliphatic carbocycles. The molecule has 96 valence electrons. The molecule has 1 unspecified atom stereocenters. The van der Waals surface area contributed by atoms with Crippen molar-refractivity contribution in [3.63, 3.8) is 0 Å². The third-order valence-corrected chi connectivity index (χ3v) is 3.12. The number of methoxy groups -OCH3 is 1. The summed E-state index contributed by atoms with van der Waals surface area (Å²) < 4.78 is 5.18. The van der Waals surface area contributed by atoms with Crippen molar-refractivity contribution in [2.24, 2.45) is 17.6 Å². The summed E-state index contributed by atoms with van der Waals surface area (Å²) in [6.45, 7) is 6.69. The predicted molar refractivity (Wildman–Crippen MR) is 73.0 cm³/mol. The van der Waals surface area contributed by atoms with E-state index in [1.165, 1.54) is 5.56 Å². The number of rotatable bonds is 7. The van der Waals surface area contributed by atoms with Crippen LogP contribution in [0, 0.1) is 11.8 Å². The SMILES string of the molecule is COCc1ccccc1NCC(CN)C(C)C. The number of ether oxygens (including phenoxy) is 1. The van der Waals surface area contributed by atoms with E-state index in [1.807, 2.05) is 12.1 Å². The zero-order valence-electron chi connectivity index (χ0n) is 11.1. The first-order valence-corrected chi connectivity index (χ1v) is 6.19. The van der Waals surface area contributed by atoms with Crippen LogP contribution in [0.5, 0.6) is 0 Å². The Morgan fingerprint density at radius 2 is 2.00 bits per heavy atom. The van der Waals surface area contributed by atoms with E-state index in [0.717, 1.165) is 18.8 Å². The Morgan fingerprint density at radius 3 is 2.59 bits per heavy atom. The van der Waals surface area contributed by atoms with Gasteiger partial charge >= 0.3 is 0 Å². The number of benzene rings is 1. The molecule has 0 fully saturated rings. The van der Waals surface area contributed by atoms with Crippen LogP contribution in [-0.4, -0.2) is 20.2 Å². The summed E-state index contributed by atoms with van der Waals surface area (Å²) in [6, 6.07) is 8.23. The van der Waals surface area contributed by atoms with Crippen molar-refractivity contribution >= 4 is 5.69 Å². The summed E-state index contributed by atoms with van der Waals surface area (Å²) in [4.78, 5) is 0. The second-order valence-corrected chi connectivity index (χ2v) is 4.71. The minimum absolute atomic E-state index is 0.505. The molecule has 3 heteroatoms. The standard InChI is InChI=1S/C14H24N2O/c1-11(2)13(8-15)9-16-14-7-5-4-6-12(14)10-17-3/h4-7,11,13,16H,8-10,15H2,1-3H3. The monoisotopic (exact) mass is 236 g/mol. The Labute approximate surface area is 104 Å². The minimum atomic E-state index is 0.505. The Kier molecular flexibility index (Phi) is 6.01. The molecule has 0 amide bonds. The predicted octanol–water partition coefficient (Wildman–Crippen LogP) is 2.48. The number of hydrogen-bond donors (Lipinski definition) is 2. The summed E-state index contributed by atoms with van der Waals surface area (Å²) in [6.07, 6.45) is 0. The Morgan fingerprint density at radius 1 is 1.29 bits per heavy atom. The van der Waals surface area contributed by atoms with E-state index < -0.39 is 0 Å². The summed E-state index contributed by atoms with van der Waals surface area (Å²) in [7, 11) is 1.72. The smallest absolute Gasteiger partial charge is 0.0733 e. The maximum atomic E-state index is 5.77. The lowest BCUT2D eigenvalue weighted by Crippen LogP contribution is -2.27. The van der Waals surface area contributed by atoms with Gasteiger partial charge in [0.15, 0.2) is 0 Å². The van der Waals surface area contributed by atoms with Crippen LogP contribution >= 0.6 is 0 Å². The van der Waals surface area contributed by atoms with Gasteiger partial charge in [-0.3, -0.25) is 0 Å². The molecular weight excluding hydrogens is 212 g/mol. The van der Waals surface area contributed by atoms with Crippen molar-refractivity contribution in [2.75, 3.05) is 25.5 Å². The average Bonchev–Trinajstić information content (AvgIpc) is 2.32. The van der Waals surface area contributed by atoms with Crippen molar-refractivity contribution in [1.82, 2.24) is 0 Å². The fraction of sp³-hybridized carbons (Fsp3) is 0.571. The average molecular weight is 236 g/mol. The second kappa shape index (κ2) is 7.30. The van der Waals surface area contributed by atoms with E-state index in [-0.39, 0.29) is 0 Å². The third-order valence-electron chi connectivity index (χ3n) is 3.12. The second-order valence-electron chi connectivity index (χ2n) is 4.71. The van der Waals surface area contributed by atoms with E-state index in [0.29, 0.717) is 18.4 Å². The molecule has 0 spiro atoms.